The van der Waals surface area contributed by atoms with Crippen molar-refractivity contribution < 1.29 is 9.47 Å². The number of rotatable bonds is 3. The fourth-order valence-corrected chi connectivity index (χ4v) is 4.88. The molecule has 0 aromatic heterocycles. The molecule has 0 radical (unpaired) electrons. The van der Waals surface area contributed by atoms with Gasteiger partial charge in [0.2, 0.25) is 6.79 Å². The molecule has 0 spiro atoms. The Morgan fingerprint density at radius 3 is 2.48 bits per heavy atom. The first kappa shape index (κ1) is 15.7. The first-order chi connectivity index (χ1) is 11.3. The molecule has 1 aliphatic carbocycles. The summed E-state index contributed by atoms with van der Waals surface area (Å²) in [6, 6.07) is 4.80. The van der Waals surface area contributed by atoms with Crippen molar-refractivity contribution in [2.45, 2.75) is 38.1 Å². The first-order valence-electron chi connectivity index (χ1n) is 8.87. The number of fused-ring (bicyclic) bond motifs is 1. The van der Waals surface area contributed by atoms with Crippen LogP contribution in [0.25, 0.3) is 0 Å². The molecule has 0 bridgehead atoms. The van der Waals surface area contributed by atoms with Crippen LogP contribution in [0.1, 0.15) is 43.7 Å². The number of hydrogen-bond donors (Lipinski definition) is 1. The summed E-state index contributed by atoms with van der Waals surface area (Å²) in [5, 5.41) is 3.48. The number of hydrogen-bond acceptors (Lipinski definition) is 4. The summed E-state index contributed by atoms with van der Waals surface area (Å²) < 4.78 is 12.3. The van der Waals surface area contributed by atoms with E-state index >= 15 is 0 Å². The fraction of sp³-hybridized carbons (Fsp3) is 0.667. The maximum atomic E-state index is 5.65. The Morgan fingerprint density at radius 2 is 1.74 bits per heavy atom. The number of ether oxygens (including phenoxy) is 2. The van der Waals surface area contributed by atoms with Gasteiger partial charge in [-0.1, -0.05) is 35.2 Å². The van der Waals surface area contributed by atoms with Crippen LogP contribution in [0.2, 0.25) is 0 Å². The quantitative estimate of drug-likeness (QED) is 0.866. The molecule has 5 heteroatoms. The highest BCUT2D eigenvalue weighted by Gasteiger charge is 2.33. The molecule has 1 saturated carbocycles. The van der Waals surface area contributed by atoms with E-state index < -0.39 is 0 Å². The minimum atomic E-state index is 0.340. The molecule has 0 unspecified atom stereocenters. The van der Waals surface area contributed by atoms with Crippen LogP contribution in [0.15, 0.2) is 16.6 Å². The van der Waals surface area contributed by atoms with E-state index in [2.05, 4.69) is 38.3 Å². The highest BCUT2D eigenvalue weighted by molar-refractivity contribution is 9.10. The lowest BCUT2D eigenvalue weighted by molar-refractivity contribution is 0.103. The Bertz CT molecular complexity index is 536. The molecule has 4 nitrogen and oxygen atoms in total. The predicted molar refractivity (Wildman–Crippen MR) is 94.0 cm³/mol. The molecular weight excluding hydrogens is 356 g/mol. The highest BCUT2D eigenvalue weighted by atomic mass is 79.9. The van der Waals surface area contributed by atoms with Gasteiger partial charge in [0, 0.05) is 36.7 Å². The van der Waals surface area contributed by atoms with Crippen molar-refractivity contribution in [1.29, 1.82) is 0 Å². The molecule has 23 heavy (non-hydrogen) atoms. The van der Waals surface area contributed by atoms with E-state index in [9.17, 15) is 0 Å². The molecular formula is C18H25BrN2O2. The standard InChI is InChI=1S/C18H25BrN2O2/c19-15-11-17-16(22-12-23-17)10-14(15)18(13-4-2-1-3-5-13)21-8-6-20-7-9-21/h10-11,13,18,20H,1-9,12H2/t18-/m1/s1. The average molecular weight is 381 g/mol. The topological polar surface area (TPSA) is 33.7 Å². The molecule has 2 fully saturated rings. The average Bonchev–Trinajstić information content (AvgIpc) is 3.04. The van der Waals surface area contributed by atoms with Crippen molar-refractivity contribution in [1.82, 2.24) is 10.2 Å². The minimum absolute atomic E-state index is 0.340. The number of benzene rings is 1. The molecule has 2 aliphatic heterocycles. The first-order valence-corrected chi connectivity index (χ1v) is 9.66. The molecule has 4 rings (SSSR count). The zero-order valence-electron chi connectivity index (χ0n) is 13.5. The van der Waals surface area contributed by atoms with E-state index in [0.717, 1.165) is 48.1 Å². The van der Waals surface area contributed by atoms with Crippen molar-refractivity contribution in [2.75, 3.05) is 33.0 Å². The highest BCUT2D eigenvalue weighted by Crippen LogP contribution is 2.45. The zero-order valence-corrected chi connectivity index (χ0v) is 15.1. The monoisotopic (exact) mass is 380 g/mol. The molecule has 2 heterocycles. The summed E-state index contributed by atoms with van der Waals surface area (Å²) in [6.07, 6.45) is 6.82. The normalized spacial score (nSPS) is 23.9. The molecule has 1 N–H and O–H groups in total. The van der Waals surface area contributed by atoms with Crippen LogP contribution in [0.4, 0.5) is 0 Å². The summed E-state index contributed by atoms with van der Waals surface area (Å²) in [5.74, 6) is 2.51. The molecule has 0 amide bonds. The van der Waals surface area contributed by atoms with Gasteiger partial charge in [-0.2, -0.15) is 0 Å². The number of nitrogens with zero attached hydrogens (tertiary/aromatic N) is 1. The van der Waals surface area contributed by atoms with Crippen LogP contribution >= 0.6 is 15.9 Å². The molecule has 1 aromatic rings. The third kappa shape index (κ3) is 3.24. The number of nitrogens with one attached hydrogen (secondary N) is 1. The van der Waals surface area contributed by atoms with Gasteiger partial charge in [-0.25, -0.2) is 0 Å². The van der Waals surface area contributed by atoms with Crippen LogP contribution in [0.3, 0.4) is 0 Å². The molecule has 1 saturated heterocycles. The maximum Gasteiger partial charge on any atom is 0.231 e. The number of halogens is 1. The smallest absolute Gasteiger partial charge is 0.231 e. The van der Waals surface area contributed by atoms with Gasteiger partial charge in [-0.05, 0) is 36.5 Å². The zero-order chi connectivity index (χ0) is 15.6. The molecule has 1 aromatic carbocycles. The van der Waals surface area contributed by atoms with E-state index in [0.29, 0.717) is 12.8 Å². The second-order valence-corrected chi connectivity index (χ2v) is 7.71. The van der Waals surface area contributed by atoms with Gasteiger partial charge in [0.15, 0.2) is 11.5 Å². The Balaban J connectivity index is 1.68. The van der Waals surface area contributed by atoms with Crippen LogP contribution in [-0.4, -0.2) is 37.9 Å². The van der Waals surface area contributed by atoms with E-state index in [1.165, 1.54) is 37.7 Å². The van der Waals surface area contributed by atoms with Gasteiger partial charge in [0.05, 0.1) is 0 Å². The summed E-state index contributed by atoms with van der Waals surface area (Å²) in [4.78, 5) is 2.68. The van der Waals surface area contributed by atoms with E-state index in [4.69, 9.17) is 9.47 Å². The van der Waals surface area contributed by atoms with Crippen molar-refractivity contribution in [2.24, 2.45) is 5.92 Å². The van der Waals surface area contributed by atoms with Crippen molar-refractivity contribution >= 4 is 15.9 Å². The van der Waals surface area contributed by atoms with Gasteiger partial charge < -0.3 is 14.8 Å². The second-order valence-electron chi connectivity index (χ2n) is 6.86. The van der Waals surface area contributed by atoms with Crippen molar-refractivity contribution in [3.63, 3.8) is 0 Å². The maximum absolute atomic E-state index is 5.65. The summed E-state index contributed by atoms with van der Waals surface area (Å²) >= 11 is 3.81. The summed E-state index contributed by atoms with van der Waals surface area (Å²) in [6.45, 7) is 4.77. The molecule has 126 valence electrons. The van der Waals surface area contributed by atoms with Crippen LogP contribution in [0.5, 0.6) is 11.5 Å². The number of piperazine rings is 1. The molecule has 3 aliphatic rings. The van der Waals surface area contributed by atoms with Crippen LogP contribution in [-0.2, 0) is 0 Å². The Labute approximate surface area is 146 Å². The van der Waals surface area contributed by atoms with Crippen molar-refractivity contribution in [3.8, 4) is 11.5 Å². The third-order valence-electron chi connectivity index (χ3n) is 5.45. The SMILES string of the molecule is Brc1cc2c(cc1[C@@H](C1CCCCC1)N1CCNCC1)OCO2. The van der Waals surface area contributed by atoms with Crippen LogP contribution < -0.4 is 14.8 Å². The predicted octanol–water partition coefficient (Wildman–Crippen LogP) is 3.70. The molecule has 1 atom stereocenters. The van der Waals surface area contributed by atoms with Crippen molar-refractivity contribution in [3.05, 3.63) is 22.2 Å². The largest absolute Gasteiger partial charge is 0.454 e. The van der Waals surface area contributed by atoms with Gasteiger partial charge in [-0.15, -0.1) is 0 Å². The summed E-state index contributed by atoms with van der Waals surface area (Å²) in [5.41, 5.74) is 1.38. The van der Waals surface area contributed by atoms with Gasteiger partial charge >= 0.3 is 0 Å². The summed E-state index contributed by atoms with van der Waals surface area (Å²) in [7, 11) is 0. The Hall–Kier alpha value is -0.780. The second kappa shape index (κ2) is 6.99. The Kier molecular flexibility index (Phi) is 4.78. The van der Waals surface area contributed by atoms with Gasteiger partial charge in [-0.3, -0.25) is 4.90 Å². The lowest BCUT2D eigenvalue weighted by atomic mass is 9.80. The van der Waals surface area contributed by atoms with Gasteiger partial charge in [0.25, 0.3) is 0 Å². The lowest BCUT2D eigenvalue weighted by Crippen LogP contribution is -2.47. The Morgan fingerprint density at radius 1 is 1.04 bits per heavy atom. The van der Waals surface area contributed by atoms with Crippen LogP contribution in [0, 0.1) is 5.92 Å². The van der Waals surface area contributed by atoms with E-state index in [1.807, 2.05) is 0 Å². The van der Waals surface area contributed by atoms with Gasteiger partial charge in [0.1, 0.15) is 0 Å². The van der Waals surface area contributed by atoms with E-state index in [1.54, 1.807) is 0 Å². The third-order valence-corrected chi connectivity index (χ3v) is 6.14. The fourth-order valence-electron chi connectivity index (χ4n) is 4.32. The lowest BCUT2D eigenvalue weighted by Gasteiger charge is -2.41. The minimum Gasteiger partial charge on any atom is -0.454 e. The van der Waals surface area contributed by atoms with E-state index in [-0.39, 0.29) is 0 Å².